The highest BCUT2D eigenvalue weighted by Gasteiger charge is 2.26. The summed E-state index contributed by atoms with van der Waals surface area (Å²) in [5.74, 6) is 2.28. The summed E-state index contributed by atoms with van der Waals surface area (Å²) in [6, 6.07) is 6.84. The number of hydrogen-bond acceptors (Lipinski definition) is 6. The molecule has 1 aromatic heterocycles. The highest BCUT2D eigenvalue weighted by molar-refractivity contribution is 7.99. The van der Waals surface area contributed by atoms with Crippen molar-refractivity contribution in [3.8, 4) is 11.4 Å². The molecule has 26 heavy (non-hydrogen) atoms. The molecular formula is C17H24N4O3S2. The molecule has 1 fully saturated rings. The standard InChI is InChI=1S/C17H24N4O3S2/c1-13(2)12-25-17-19-18-16(20(17)3)14-4-6-15(7-5-14)26(22,23)21-8-10-24-11-9-21/h4-7,13H,8-12H2,1-3H3. The van der Waals surface area contributed by atoms with Gasteiger partial charge in [0.1, 0.15) is 0 Å². The van der Waals surface area contributed by atoms with Gasteiger partial charge in [-0.15, -0.1) is 10.2 Å². The molecule has 1 saturated heterocycles. The fourth-order valence-electron chi connectivity index (χ4n) is 2.65. The van der Waals surface area contributed by atoms with Gasteiger partial charge in [-0.1, -0.05) is 25.6 Å². The fourth-order valence-corrected chi connectivity index (χ4v) is 4.91. The molecule has 0 N–H and O–H groups in total. The van der Waals surface area contributed by atoms with E-state index in [0.29, 0.717) is 37.1 Å². The highest BCUT2D eigenvalue weighted by atomic mass is 32.2. The van der Waals surface area contributed by atoms with Crippen LogP contribution in [-0.2, 0) is 21.8 Å². The molecule has 7 nitrogen and oxygen atoms in total. The number of rotatable bonds is 6. The zero-order chi connectivity index (χ0) is 18.7. The lowest BCUT2D eigenvalue weighted by molar-refractivity contribution is 0.0730. The van der Waals surface area contributed by atoms with Crippen molar-refractivity contribution in [1.29, 1.82) is 0 Å². The Hall–Kier alpha value is -1.42. The van der Waals surface area contributed by atoms with Crippen LogP contribution in [0.25, 0.3) is 11.4 Å². The van der Waals surface area contributed by atoms with Crippen LogP contribution in [-0.4, -0.2) is 59.5 Å². The first-order valence-electron chi connectivity index (χ1n) is 8.60. The number of sulfonamides is 1. The third-order valence-electron chi connectivity index (χ3n) is 4.10. The van der Waals surface area contributed by atoms with Crippen molar-refractivity contribution in [1.82, 2.24) is 19.1 Å². The maximum absolute atomic E-state index is 12.7. The van der Waals surface area contributed by atoms with Gasteiger partial charge in [-0.25, -0.2) is 8.42 Å². The van der Waals surface area contributed by atoms with E-state index in [0.717, 1.165) is 22.3 Å². The lowest BCUT2D eigenvalue weighted by atomic mass is 10.2. The molecule has 9 heteroatoms. The zero-order valence-corrected chi connectivity index (χ0v) is 16.9. The molecule has 0 saturated carbocycles. The summed E-state index contributed by atoms with van der Waals surface area (Å²) in [5.41, 5.74) is 0.845. The van der Waals surface area contributed by atoms with E-state index in [1.54, 1.807) is 36.0 Å². The van der Waals surface area contributed by atoms with E-state index in [-0.39, 0.29) is 0 Å². The van der Waals surface area contributed by atoms with Crippen molar-refractivity contribution >= 4 is 21.8 Å². The topological polar surface area (TPSA) is 77.3 Å². The number of ether oxygens (including phenoxy) is 1. The summed E-state index contributed by atoms with van der Waals surface area (Å²) in [5, 5.41) is 9.37. The molecule has 0 atom stereocenters. The van der Waals surface area contributed by atoms with Crippen LogP contribution in [0.3, 0.4) is 0 Å². The van der Waals surface area contributed by atoms with Crippen molar-refractivity contribution in [2.24, 2.45) is 13.0 Å². The van der Waals surface area contributed by atoms with E-state index in [4.69, 9.17) is 4.74 Å². The minimum atomic E-state index is -3.48. The van der Waals surface area contributed by atoms with Gasteiger partial charge in [0.25, 0.3) is 0 Å². The first-order chi connectivity index (χ1) is 12.4. The van der Waals surface area contributed by atoms with Crippen LogP contribution in [0.2, 0.25) is 0 Å². The summed E-state index contributed by atoms with van der Waals surface area (Å²) >= 11 is 1.67. The summed E-state index contributed by atoms with van der Waals surface area (Å²) in [6.45, 7) is 5.99. The van der Waals surface area contributed by atoms with E-state index < -0.39 is 10.0 Å². The molecule has 0 amide bonds. The summed E-state index contributed by atoms with van der Waals surface area (Å²) in [6.07, 6.45) is 0. The van der Waals surface area contributed by atoms with Crippen molar-refractivity contribution in [2.45, 2.75) is 23.9 Å². The number of nitrogens with zero attached hydrogens (tertiary/aromatic N) is 4. The van der Waals surface area contributed by atoms with E-state index in [2.05, 4.69) is 24.0 Å². The van der Waals surface area contributed by atoms with Crippen LogP contribution in [0, 0.1) is 5.92 Å². The Kier molecular flexibility index (Phi) is 6.01. The number of aromatic nitrogens is 3. The Morgan fingerprint density at radius 2 is 1.81 bits per heavy atom. The van der Waals surface area contributed by atoms with Gasteiger partial charge in [-0.3, -0.25) is 0 Å². The van der Waals surface area contributed by atoms with Crippen LogP contribution >= 0.6 is 11.8 Å². The van der Waals surface area contributed by atoms with E-state index in [9.17, 15) is 8.42 Å². The second kappa shape index (κ2) is 8.08. The van der Waals surface area contributed by atoms with Crippen LogP contribution in [0.5, 0.6) is 0 Å². The molecule has 1 aromatic carbocycles. The van der Waals surface area contributed by atoms with Gasteiger partial charge in [-0.2, -0.15) is 4.31 Å². The third kappa shape index (κ3) is 4.11. The van der Waals surface area contributed by atoms with Gasteiger partial charge in [-0.05, 0) is 30.2 Å². The van der Waals surface area contributed by atoms with Gasteiger partial charge in [0, 0.05) is 31.5 Å². The SMILES string of the molecule is CC(C)CSc1nnc(-c2ccc(S(=O)(=O)N3CCOCC3)cc2)n1C. The van der Waals surface area contributed by atoms with Crippen LogP contribution in [0.1, 0.15) is 13.8 Å². The molecule has 0 bridgehead atoms. The molecular weight excluding hydrogens is 372 g/mol. The monoisotopic (exact) mass is 396 g/mol. The minimum absolute atomic E-state index is 0.291. The molecule has 1 aliphatic heterocycles. The maximum Gasteiger partial charge on any atom is 0.243 e. The molecule has 1 aliphatic rings. The number of morpholine rings is 1. The van der Waals surface area contributed by atoms with Gasteiger partial charge in [0.05, 0.1) is 18.1 Å². The van der Waals surface area contributed by atoms with Gasteiger partial charge >= 0.3 is 0 Å². The van der Waals surface area contributed by atoms with E-state index in [1.165, 1.54) is 4.31 Å². The average molecular weight is 397 g/mol. The number of thioether (sulfide) groups is 1. The summed E-state index contributed by atoms with van der Waals surface area (Å²) < 4.78 is 34.0. The Bertz CT molecular complexity index is 841. The van der Waals surface area contributed by atoms with Crippen LogP contribution in [0.15, 0.2) is 34.3 Å². The first kappa shape index (κ1) is 19.3. The first-order valence-corrected chi connectivity index (χ1v) is 11.0. The van der Waals surface area contributed by atoms with Crippen LogP contribution in [0.4, 0.5) is 0 Å². The molecule has 0 radical (unpaired) electrons. The van der Waals surface area contributed by atoms with Crippen molar-refractivity contribution < 1.29 is 13.2 Å². The van der Waals surface area contributed by atoms with Crippen molar-refractivity contribution in [3.63, 3.8) is 0 Å². The third-order valence-corrected chi connectivity index (χ3v) is 7.46. The predicted octanol–water partition coefficient (Wildman–Crippen LogP) is 2.25. The molecule has 142 valence electrons. The number of benzene rings is 1. The zero-order valence-electron chi connectivity index (χ0n) is 15.3. The van der Waals surface area contributed by atoms with E-state index >= 15 is 0 Å². The Labute approximate surface area is 158 Å². The fraction of sp³-hybridized carbons (Fsp3) is 0.529. The quantitative estimate of drug-likeness (QED) is 0.697. The van der Waals surface area contributed by atoms with Gasteiger partial charge < -0.3 is 9.30 Å². The lowest BCUT2D eigenvalue weighted by Crippen LogP contribution is -2.40. The lowest BCUT2D eigenvalue weighted by Gasteiger charge is -2.26. The average Bonchev–Trinajstić information content (AvgIpc) is 3.01. The smallest absolute Gasteiger partial charge is 0.243 e. The largest absolute Gasteiger partial charge is 0.379 e. The van der Waals surface area contributed by atoms with Crippen LogP contribution < -0.4 is 0 Å². The molecule has 0 aliphatic carbocycles. The Morgan fingerprint density at radius 1 is 1.15 bits per heavy atom. The Balaban J connectivity index is 1.79. The Morgan fingerprint density at radius 3 is 2.42 bits per heavy atom. The van der Waals surface area contributed by atoms with Gasteiger partial charge in [0.15, 0.2) is 11.0 Å². The molecule has 3 rings (SSSR count). The van der Waals surface area contributed by atoms with Gasteiger partial charge in [0.2, 0.25) is 10.0 Å². The molecule has 2 heterocycles. The van der Waals surface area contributed by atoms with E-state index in [1.807, 2.05) is 11.6 Å². The normalized spacial score (nSPS) is 16.3. The number of hydrogen-bond donors (Lipinski definition) is 0. The minimum Gasteiger partial charge on any atom is -0.379 e. The molecule has 0 spiro atoms. The summed E-state index contributed by atoms with van der Waals surface area (Å²) in [7, 11) is -1.55. The molecule has 0 unspecified atom stereocenters. The highest BCUT2D eigenvalue weighted by Crippen LogP contribution is 2.25. The molecule has 2 aromatic rings. The summed E-state index contributed by atoms with van der Waals surface area (Å²) in [4.78, 5) is 0.291. The van der Waals surface area contributed by atoms with Crippen molar-refractivity contribution in [2.75, 3.05) is 32.1 Å². The second-order valence-electron chi connectivity index (χ2n) is 6.61. The second-order valence-corrected chi connectivity index (χ2v) is 9.54. The maximum atomic E-state index is 12.7. The van der Waals surface area contributed by atoms with Crippen molar-refractivity contribution in [3.05, 3.63) is 24.3 Å². The predicted molar refractivity (Wildman–Crippen MR) is 102 cm³/mol.